The lowest BCUT2D eigenvalue weighted by Gasteiger charge is -2.16. The highest BCUT2D eigenvalue weighted by Gasteiger charge is 2.24. The van der Waals surface area contributed by atoms with Crippen molar-refractivity contribution in [2.45, 2.75) is 12.8 Å². The molecular formula is C30H25FN12O8. The zero-order valence-corrected chi connectivity index (χ0v) is 26.0. The van der Waals surface area contributed by atoms with Gasteiger partial charge in [-0.15, -0.1) is 25.9 Å². The van der Waals surface area contributed by atoms with E-state index >= 15 is 0 Å². The summed E-state index contributed by atoms with van der Waals surface area (Å²) in [5.74, 6) is -4.63. The maximum Gasteiger partial charge on any atom is 0.356 e. The highest BCUT2D eigenvalue weighted by atomic mass is 19.1. The number of hydrogen-bond acceptors (Lipinski definition) is 15. The minimum atomic E-state index is -1.48. The van der Waals surface area contributed by atoms with E-state index in [0.29, 0.717) is 24.5 Å². The van der Waals surface area contributed by atoms with Crippen molar-refractivity contribution in [3.63, 3.8) is 0 Å². The number of carbonyl (C=O) groups is 4. The molecule has 20 nitrogen and oxygen atoms in total. The number of carboxylic acids is 2. The third kappa shape index (κ3) is 7.89. The van der Waals surface area contributed by atoms with Gasteiger partial charge in [-0.1, -0.05) is 0 Å². The van der Waals surface area contributed by atoms with Crippen molar-refractivity contribution in [2.24, 2.45) is 10.2 Å². The number of amides is 2. The first-order chi connectivity index (χ1) is 24.7. The highest BCUT2D eigenvalue weighted by molar-refractivity contribution is 6.48. The molecule has 51 heavy (non-hydrogen) atoms. The molecule has 1 aromatic carbocycles. The summed E-state index contributed by atoms with van der Waals surface area (Å²) in [6.45, 7) is 0.0979. The van der Waals surface area contributed by atoms with Gasteiger partial charge in [0.05, 0.1) is 36.3 Å². The Morgan fingerprint density at radius 3 is 2.45 bits per heavy atom. The Hall–Kier alpha value is -7.29. The first-order valence-electron chi connectivity index (χ1n) is 14.8. The number of ether oxygens (including phenoxy) is 2. The zero-order chi connectivity index (χ0) is 35.9. The standard InChI is InChI=1S/C30H25FN12O8/c31-18-12-17(29(46)47)21(34-28(45)20-4-6-25-38-40-41-43(25)39-20)13-23(18)51-10-2-1-9-50-16-11-22(26(30(48)49)33-14-16)35-27(44)19-3-5-24(37-36-19)42-8-7-32-15-42/h3-8,11-15,40-41H,1-2,9-10H2,(H,34,45)(H,35,44)(H,46,47)(H,48,49). The molecule has 0 unspecified atom stereocenters. The number of rotatable bonds is 14. The number of hydrazone groups is 2. The fraction of sp³-hybridized carbons (Fsp3) is 0.133. The van der Waals surface area contributed by atoms with Crippen LogP contribution in [0.25, 0.3) is 5.82 Å². The third-order valence-corrected chi connectivity index (χ3v) is 6.96. The van der Waals surface area contributed by atoms with Crippen LogP contribution in [0.4, 0.5) is 15.8 Å². The van der Waals surface area contributed by atoms with Gasteiger partial charge in [-0.05, 0) is 43.2 Å². The zero-order valence-electron chi connectivity index (χ0n) is 26.0. The summed E-state index contributed by atoms with van der Waals surface area (Å²) in [4.78, 5) is 56.9. The number of halogens is 1. The van der Waals surface area contributed by atoms with Crippen LogP contribution in [-0.2, 0) is 4.79 Å². The molecule has 0 spiro atoms. The SMILES string of the molecule is O=C(Nc1cc(OCCCCOc2cnc(C(=O)O)c(NC(=O)c3ccc(-n4ccnc4)nn3)c2)c(F)cc1C(=O)O)C1=NN2NNN=C2C=C1. The number of anilines is 2. The monoisotopic (exact) mass is 700 g/mol. The van der Waals surface area contributed by atoms with Crippen molar-refractivity contribution in [3.05, 3.63) is 90.2 Å². The molecule has 2 aliphatic heterocycles. The number of nitrogens with zero attached hydrogens (tertiary/aromatic N) is 8. The van der Waals surface area contributed by atoms with Crippen LogP contribution in [0.5, 0.6) is 11.5 Å². The van der Waals surface area contributed by atoms with Gasteiger partial charge in [0, 0.05) is 24.5 Å². The van der Waals surface area contributed by atoms with E-state index in [-0.39, 0.29) is 47.5 Å². The molecular weight excluding hydrogens is 675 g/mol. The predicted molar refractivity (Wildman–Crippen MR) is 173 cm³/mol. The molecule has 4 aromatic rings. The second kappa shape index (κ2) is 14.9. The number of benzene rings is 1. The number of nitrogens with one attached hydrogen (secondary N) is 4. The lowest BCUT2D eigenvalue weighted by molar-refractivity contribution is -0.110. The highest BCUT2D eigenvalue weighted by Crippen LogP contribution is 2.27. The van der Waals surface area contributed by atoms with Crippen molar-refractivity contribution in [3.8, 4) is 17.3 Å². The normalized spacial score (nSPS) is 13.0. The van der Waals surface area contributed by atoms with Crippen LogP contribution in [0.2, 0.25) is 0 Å². The molecule has 0 aliphatic carbocycles. The number of fused-ring (bicyclic) bond motifs is 1. The molecule has 0 fully saturated rings. The molecule has 0 radical (unpaired) electrons. The van der Waals surface area contributed by atoms with E-state index in [1.54, 1.807) is 23.0 Å². The number of carbonyl (C=O) groups excluding carboxylic acids is 2. The third-order valence-electron chi connectivity index (χ3n) is 6.96. The van der Waals surface area contributed by atoms with Gasteiger partial charge in [-0.3, -0.25) is 14.2 Å². The second-order valence-corrected chi connectivity index (χ2v) is 10.4. The smallest absolute Gasteiger partial charge is 0.356 e. The van der Waals surface area contributed by atoms with Crippen LogP contribution in [0.1, 0.15) is 44.2 Å². The predicted octanol–water partition coefficient (Wildman–Crippen LogP) is 1.59. The summed E-state index contributed by atoms with van der Waals surface area (Å²) < 4.78 is 27.5. The van der Waals surface area contributed by atoms with Crippen LogP contribution in [0, 0.1) is 5.82 Å². The van der Waals surface area contributed by atoms with Crippen molar-refractivity contribution < 1.29 is 43.3 Å². The largest absolute Gasteiger partial charge is 0.492 e. The average Bonchev–Trinajstić information content (AvgIpc) is 3.83. The van der Waals surface area contributed by atoms with E-state index in [2.05, 4.69) is 52.1 Å². The number of hydrogen-bond donors (Lipinski definition) is 6. The summed E-state index contributed by atoms with van der Waals surface area (Å²) >= 11 is 0. The van der Waals surface area contributed by atoms with Gasteiger partial charge in [0.1, 0.15) is 12.1 Å². The Bertz CT molecular complexity index is 2090. The van der Waals surface area contributed by atoms with Gasteiger partial charge in [0.25, 0.3) is 11.8 Å². The molecule has 2 aliphatic rings. The molecule has 0 atom stereocenters. The number of unbranched alkanes of at least 4 members (excludes halogenated alkanes) is 1. The second-order valence-electron chi connectivity index (χ2n) is 10.4. The molecule has 21 heteroatoms. The first kappa shape index (κ1) is 33.6. The lowest BCUT2D eigenvalue weighted by Crippen LogP contribution is -2.40. The number of carboxylic acid groups (broad SMARTS) is 2. The summed E-state index contributed by atoms with van der Waals surface area (Å²) in [6, 6.07) is 6.05. The fourth-order valence-corrected chi connectivity index (χ4v) is 4.50. The van der Waals surface area contributed by atoms with E-state index < -0.39 is 40.8 Å². The lowest BCUT2D eigenvalue weighted by atomic mass is 10.1. The maximum atomic E-state index is 14.7. The molecule has 260 valence electrons. The minimum Gasteiger partial charge on any atom is -0.492 e. The Labute approximate surface area is 285 Å². The van der Waals surface area contributed by atoms with Crippen LogP contribution < -0.4 is 31.2 Å². The van der Waals surface area contributed by atoms with Gasteiger partial charge in [0.15, 0.2) is 40.3 Å². The molecule has 3 aromatic heterocycles. The number of amidine groups is 1. The number of hydrazine groups is 2. The Morgan fingerprint density at radius 2 is 1.73 bits per heavy atom. The molecule has 5 heterocycles. The summed E-state index contributed by atoms with van der Waals surface area (Å²) in [7, 11) is 0. The van der Waals surface area contributed by atoms with E-state index in [9.17, 15) is 33.8 Å². The number of aromatic nitrogens is 5. The van der Waals surface area contributed by atoms with Crippen LogP contribution in [-0.4, -0.2) is 88.6 Å². The topological polar surface area (TPSA) is 260 Å². The summed E-state index contributed by atoms with van der Waals surface area (Å²) in [5, 5.41) is 41.0. The summed E-state index contributed by atoms with van der Waals surface area (Å²) in [5.41, 5.74) is 3.60. The molecule has 2 amide bonds. The number of pyridine rings is 1. The summed E-state index contributed by atoms with van der Waals surface area (Å²) in [6.07, 6.45) is 9.50. The molecule has 0 bridgehead atoms. The van der Waals surface area contributed by atoms with Crippen LogP contribution >= 0.6 is 0 Å². The van der Waals surface area contributed by atoms with Gasteiger partial charge in [-0.2, -0.15) is 5.12 Å². The van der Waals surface area contributed by atoms with E-state index in [1.165, 1.54) is 41.9 Å². The minimum absolute atomic E-state index is 0.0105. The van der Waals surface area contributed by atoms with Crippen molar-refractivity contribution in [1.29, 1.82) is 0 Å². The van der Waals surface area contributed by atoms with Gasteiger partial charge < -0.3 is 30.3 Å². The van der Waals surface area contributed by atoms with Gasteiger partial charge in [0.2, 0.25) is 0 Å². The van der Waals surface area contributed by atoms with E-state index in [4.69, 9.17) is 9.47 Å². The fourth-order valence-electron chi connectivity index (χ4n) is 4.50. The van der Waals surface area contributed by atoms with Crippen molar-refractivity contribution in [2.75, 3.05) is 23.8 Å². The van der Waals surface area contributed by atoms with Crippen LogP contribution in [0.3, 0.4) is 0 Å². The molecule has 6 N–H and O–H groups in total. The average molecular weight is 701 g/mol. The Morgan fingerprint density at radius 1 is 0.922 bits per heavy atom. The van der Waals surface area contributed by atoms with Crippen molar-refractivity contribution in [1.82, 2.24) is 40.9 Å². The van der Waals surface area contributed by atoms with Gasteiger partial charge >= 0.3 is 11.9 Å². The van der Waals surface area contributed by atoms with Gasteiger partial charge in [-0.25, -0.2) is 29.5 Å². The molecule has 6 rings (SSSR count). The Kier molecular flexibility index (Phi) is 9.79. The number of imidazole rings is 1. The van der Waals surface area contributed by atoms with Crippen LogP contribution in [0.15, 0.2) is 77.6 Å². The molecule has 0 saturated carbocycles. The van der Waals surface area contributed by atoms with E-state index in [1.807, 2.05) is 0 Å². The van der Waals surface area contributed by atoms with Crippen molar-refractivity contribution >= 4 is 46.7 Å². The maximum absolute atomic E-state index is 14.7. The molecule has 0 saturated heterocycles. The first-order valence-corrected chi connectivity index (χ1v) is 14.8. The Balaban J connectivity index is 1.02. The number of aromatic carboxylic acids is 2. The quantitative estimate of drug-likeness (QED) is 0.102. The van der Waals surface area contributed by atoms with E-state index in [0.717, 1.165) is 12.1 Å².